The van der Waals surface area contributed by atoms with Crippen molar-refractivity contribution < 1.29 is 9.59 Å². The largest absolute Gasteiger partial charge is 0.336 e. The van der Waals surface area contributed by atoms with Crippen molar-refractivity contribution in [3.05, 3.63) is 64.1 Å². The van der Waals surface area contributed by atoms with E-state index in [0.29, 0.717) is 42.5 Å². The first kappa shape index (κ1) is 22.4. The van der Waals surface area contributed by atoms with Gasteiger partial charge in [-0.3, -0.25) is 4.79 Å². The summed E-state index contributed by atoms with van der Waals surface area (Å²) in [4.78, 5) is 29.3. The van der Waals surface area contributed by atoms with Gasteiger partial charge in [-0.25, -0.2) is 4.79 Å². The molecular formula is C23H27Cl2N3O2. The molecule has 2 aromatic carbocycles. The van der Waals surface area contributed by atoms with E-state index in [1.54, 1.807) is 11.0 Å². The Morgan fingerprint density at radius 2 is 1.73 bits per heavy atom. The first-order valence-corrected chi connectivity index (χ1v) is 11.0. The lowest BCUT2D eigenvalue weighted by Gasteiger charge is -2.36. The highest BCUT2D eigenvalue weighted by Gasteiger charge is 2.31. The molecule has 1 N–H and O–H groups in total. The summed E-state index contributed by atoms with van der Waals surface area (Å²) in [5.74, 6) is 0.0372. The lowest BCUT2D eigenvalue weighted by molar-refractivity contribution is -0.139. The molecule has 0 aromatic heterocycles. The predicted octanol–water partition coefficient (Wildman–Crippen LogP) is 5.67. The van der Waals surface area contributed by atoms with Crippen LogP contribution in [0, 0.1) is 5.92 Å². The zero-order valence-electron chi connectivity index (χ0n) is 17.3. The predicted molar refractivity (Wildman–Crippen MR) is 122 cm³/mol. The van der Waals surface area contributed by atoms with Gasteiger partial charge >= 0.3 is 6.03 Å². The molecule has 1 aliphatic heterocycles. The number of carbonyl (C=O) groups excluding carboxylic acids is 2. The summed E-state index contributed by atoms with van der Waals surface area (Å²) in [6.07, 6.45) is 1.32. The molecule has 0 unspecified atom stereocenters. The Labute approximate surface area is 187 Å². The van der Waals surface area contributed by atoms with Crippen LogP contribution in [-0.2, 0) is 11.3 Å². The van der Waals surface area contributed by atoms with Gasteiger partial charge in [0.15, 0.2) is 0 Å². The number of carbonyl (C=O) groups is 2. The third-order valence-corrected chi connectivity index (χ3v) is 6.14. The third kappa shape index (κ3) is 5.67. The average molecular weight is 448 g/mol. The molecule has 1 aliphatic rings. The highest BCUT2D eigenvalue weighted by atomic mass is 35.5. The summed E-state index contributed by atoms with van der Waals surface area (Å²) in [6, 6.07) is 14.8. The zero-order chi connectivity index (χ0) is 21.7. The fourth-order valence-electron chi connectivity index (χ4n) is 3.64. The van der Waals surface area contributed by atoms with Crippen molar-refractivity contribution in [2.75, 3.05) is 18.4 Å². The number of nitrogens with zero attached hydrogens (tertiary/aromatic N) is 2. The van der Waals surface area contributed by atoms with Gasteiger partial charge in [0.1, 0.15) is 0 Å². The molecule has 0 radical (unpaired) electrons. The fraction of sp³-hybridized carbons (Fsp3) is 0.391. The number of halogens is 2. The van der Waals surface area contributed by atoms with E-state index in [1.165, 1.54) is 0 Å². The van der Waals surface area contributed by atoms with Gasteiger partial charge in [0, 0.05) is 37.3 Å². The fourth-order valence-corrected chi connectivity index (χ4v) is 3.96. The Balaban J connectivity index is 1.58. The summed E-state index contributed by atoms with van der Waals surface area (Å²) < 4.78 is 0. The van der Waals surface area contributed by atoms with Crippen molar-refractivity contribution in [3.8, 4) is 0 Å². The Bertz CT molecular complexity index is 881. The Hall–Kier alpha value is -2.24. The van der Waals surface area contributed by atoms with Gasteiger partial charge in [0.2, 0.25) is 5.91 Å². The van der Waals surface area contributed by atoms with Crippen LogP contribution in [0.2, 0.25) is 10.0 Å². The molecule has 5 nitrogen and oxygen atoms in total. The smallest absolute Gasteiger partial charge is 0.321 e. The zero-order valence-corrected chi connectivity index (χ0v) is 18.8. The minimum absolute atomic E-state index is 0.0614. The van der Waals surface area contributed by atoms with E-state index >= 15 is 0 Å². The second kappa shape index (κ2) is 10.2. The Morgan fingerprint density at radius 1 is 1.07 bits per heavy atom. The van der Waals surface area contributed by atoms with Crippen LogP contribution in [0.1, 0.15) is 32.3 Å². The highest BCUT2D eigenvalue weighted by molar-refractivity contribution is 6.42. The highest BCUT2D eigenvalue weighted by Crippen LogP contribution is 2.26. The van der Waals surface area contributed by atoms with E-state index in [-0.39, 0.29) is 23.9 Å². The van der Waals surface area contributed by atoms with Crippen molar-refractivity contribution in [3.63, 3.8) is 0 Å². The summed E-state index contributed by atoms with van der Waals surface area (Å²) in [6.45, 7) is 5.64. The molecule has 2 aromatic rings. The number of hydrogen-bond acceptors (Lipinski definition) is 2. The number of rotatable bonds is 5. The number of hydrogen-bond donors (Lipinski definition) is 1. The first-order chi connectivity index (χ1) is 14.3. The molecule has 3 rings (SSSR count). The molecule has 0 aliphatic carbocycles. The average Bonchev–Trinajstić information content (AvgIpc) is 2.74. The molecule has 1 saturated heterocycles. The molecule has 30 heavy (non-hydrogen) atoms. The van der Waals surface area contributed by atoms with E-state index in [0.717, 1.165) is 11.3 Å². The maximum Gasteiger partial charge on any atom is 0.321 e. The van der Waals surface area contributed by atoms with Crippen LogP contribution in [-0.4, -0.2) is 40.9 Å². The van der Waals surface area contributed by atoms with Crippen molar-refractivity contribution in [1.29, 1.82) is 0 Å². The van der Waals surface area contributed by atoms with Gasteiger partial charge in [0.05, 0.1) is 10.0 Å². The summed E-state index contributed by atoms with van der Waals surface area (Å²) >= 11 is 12.1. The molecule has 1 heterocycles. The number of para-hydroxylation sites is 1. The quantitative estimate of drug-likeness (QED) is 0.641. The van der Waals surface area contributed by atoms with Crippen LogP contribution >= 0.6 is 23.2 Å². The van der Waals surface area contributed by atoms with Gasteiger partial charge in [-0.05, 0) is 56.5 Å². The maximum atomic E-state index is 13.2. The molecule has 0 spiro atoms. The summed E-state index contributed by atoms with van der Waals surface area (Å²) in [5, 5.41) is 3.90. The second-order valence-electron chi connectivity index (χ2n) is 7.87. The molecule has 0 atom stereocenters. The topological polar surface area (TPSA) is 52.7 Å². The van der Waals surface area contributed by atoms with Crippen molar-refractivity contribution in [1.82, 2.24) is 9.80 Å². The van der Waals surface area contributed by atoms with Gasteiger partial charge in [-0.2, -0.15) is 0 Å². The second-order valence-corrected chi connectivity index (χ2v) is 8.68. The molecular weight excluding hydrogens is 421 g/mol. The van der Waals surface area contributed by atoms with Crippen LogP contribution in [0.5, 0.6) is 0 Å². The van der Waals surface area contributed by atoms with Crippen molar-refractivity contribution in [2.45, 2.75) is 39.3 Å². The molecule has 160 valence electrons. The Kier molecular flexibility index (Phi) is 7.62. The molecule has 3 amide bonds. The normalized spacial score (nSPS) is 14.6. The number of benzene rings is 2. The summed E-state index contributed by atoms with van der Waals surface area (Å²) in [5.41, 5.74) is 1.72. The number of piperidine rings is 1. The van der Waals surface area contributed by atoms with Crippen LogP contribution in [0.15, 0.2) is 48.5 Å². The van der Waals surface area contributed by atoms with Crippen molar-refractivity contribution >= 4 is 40.8 Å². The first-order valence-electron chi connectivity index (χ1n) is 10.2. The van der Waals surface area contributed by atoms with E-state index in [9.17, 15) is 9.59 Å². The summed E-state index contributed by atoms with van der Waals surface area (Å²) in [7, 11) is 0. The standard InChI is InChI=1S/C23H27Cl2N3O2/c1-16(2)28(15-17-8-9-20(24)21(25)14-17)22(29)18-10-12-27(13-11-18)23(30)26-19-6-4-3-5-7-19/h3-9,14,16,18H,10-13,15H2,1-2H3,(H,26,30). The number of likely N-dealkylation sites (tertiary alicyclic amines) is 1. The molecule has 1 fully saturated rings. The maximum absolute atomic E-state index is 13.2. The van der Waals surface area contributed by atoms with Crippen LogP contribution in [0.4, 0.5) is 10.5 Å². The SMILES string of the molecule is CC(C)N(Cc1ccc(Cl)c(Cl)c1)C(=O)C1CCN(C(=O)Nc2ccccc2)CC1. The lowest BCUT2D eigenvalue weighted by atomic mass is 9.94. The molecule has 0 bridgehead atoms. The van der Waals surface area contributed by atoms with E-state index in [2.05, 4.69) is 5.32 Å². The van der Waals surface area contributed by atoms with Gasteiger partial charge in [-0.15, -0.1) is 0 Å². The molecule has 7 heteroatoms. The number of urea groups is 1. The minimum Gasteiger partial charge on any atom is -0.336 e. The van der Waals surface area contributed by atoms with Gasteiger partial charge < -0.3 is 15.1 Å². The number of anilines is 1. The van der Waals surface area contributed by atoms with Crippen LogP contribution < -0.4 is 5.32 Å². The molecule has 0 saturated carbocycles. The lowest BCUT2D eigenvalue weighted by Crippen LogP contribution is -2.47. The van der Waals surface area contributed by atoms with E-state index < -0.39 is 0 Å². The van der Waals surface area contributed by atoms with Gasteiger partial charge in [-0.1, -0.05) is 47.5 Å². The van der Waals surface area contributed by atoms with Crippen LogP contribution in [0.3, 0.4) is 0 Å². The number of nitrogens with one attached hydrogen (secondary N) is 1. The number of amides is 3. The monoisotopic (exact) mass is 447 g/mol. The van der Waals surface area contributed by atoms with E-state index in [1.807, 2.05) is 61.2 Å². The van der Waals surface area contributed by atoms with Gasteiger partial charge in [0.25, 0.3) is 0 Å². The Morgan fingerprint density at radius 3 is 2.33 bits per heavy atom. The third-order valence-electron chi connectivity index (χ3n) is 5.40. The van der Waals surface area contributed by atoms with Crippen molar-refractivity contribution in [2.24, 2.45) is 5.92 Å². The van der Waals surface area contributed by atoms with E-state index in [4.69, 9.17) is 23.2 Å². The van der Waals surface area contributed by atoms with Crippen LogP contribution in [0.25, 0.3) is 0 Å². The minimum atomic E-state index is -0.122.